The fourth-order valence-corrected chi connectivity index (χ4v) is 0.354. The van der Waals surface area contributed by atoms with Crippen LogP contribution in [0.4, 0.5) is 0 Å². The van der Waals surface area contributed by atoms with Gasteiger partial charge in [-0.05, 0) is 51.8 Å². The van der Waals surface area contributed by atoms with Crippen molar-refractivity contribution in [1.29, 1.82) is 0 Å². The molecule has 0 fully saturated rings. The monoisotopic (exact) mass is 721 g/mol. The molecule has 0 saturated carbocycles. The molecule has 0 aromatic heterocycles. The van der Waals surface area contributed by atoms with Gasteiger partial charge in [-0.3, -0.25) is 0 Å². The maximum Gasteiger partial charge on any atom is -0.0360 e. The molecule has 0 nitrogen and oxygen atoms in total. The Morgan fingerprint density at radius 1 is 0.380 bits per heavy atom. The van der Waals surface area contributed by atoms with Crippen molar-refractivity contribution in [2.75, 3.05) is 0 Å². The lowest BCUT2D eigenvalue weighted by Crippen LogP contribution is -2.12. The zero-order valence-electron chi connectivity index (χ0n) is 43.3. The third-order valence-corrected chi connectivity index (χ3v) is 6.97. The van der Waals surface area contributed by atoms with Crippen molar-refractivity contribution in [1.82, 2.24) is 0 Å². The predicted molar refractivity (Wildman–Crippen MR) is 251 cm³/mol. The van der Waals surface area contributed by atoms with Gasteiger partial charge >= 0.3 is 0 Å². The van der Waals surface area contributed by atoms with Crippen LogP contribution >= 0.6 is 0 Å². The molecule has 0 amide bonds. The molecule has 0 aromatic rings. The van der Waals surface area contributed by atoms with E-state index in [1.54, 1.807) is 0 Å². The third kappa shape index (κ3) is 265. The lowest BCUT2D eigenvalue weighted by Gasteiger charge is -2.22. The molecule has 0 N–H and O–H groups in total. The Bertz CT molecular complexity index is 427. The minimum Gasteiger partial charge on any atom is -0.0656 e. The van der Waals surface area contributed by atoms with Gasteiger partial charge < -0.3 is 0 Å². The molecule has 0 rings (SSSR count). The molecule has 320 valence electrons. The van der Waals surface area contributed by atoms with Crippen LogP contribution in [-0.2, 0) is 0 Å². The summed E-state index contributed by atoms with van der Waals surface area (Å²) in [5.74, 6) is 5.10. The second kappa shape index (κ2) is 55.8. The maximum absolute atomic E-state index is 2.26. The normalized spacial score (nSPS) is 10.2. The van der Waals surface area contributed by atoms with Gasteiger partial charge in [0, 0.05) is 0 Å². The molecule has 0 spiro atoms. The Balaban J connectivity index is -0.0000000448. The topological polar surface area (TPSA) is 0 Å². The van der Waals surface area contributed by atoms with Crippen LogP contribution < -0.4 is 0 Å². The molecular formula is C50H120. The molecule has 0 unspecified atom stereocenters. The van der Waals surface area contributed by atoms with Crippen LogP contribution in [0.2, 0.25) is 0 Å². The van der Waals surface area contributed by atoms with Gasteiger partial charge in [-0.1, -0.05) is 279 Å². The summed E-state index contributed by atoms with van der Waals surface area (Å²) in [6, 6.07) is 0. The largest absolute Gasteiger partial charge is 0.0656 e. The third-order valence-electron chi connectivity index (χ3n) is 6.97. The minimum absolute atomic E-state index is 0.500. The molecule has 0 saturated heterocycles. The van der Waals surface area contributed by atoms with Crippen molar-refractivity contribution in [3.63, 3.8) is 0 Å². The van der Waals surface area contributed by atoms with Gasteiger partial charge in [0.1, 0.15) is 0 Å². The SMILES string of the molecule is CC(C)(C)C.CC(C)C.CC(C)C(C)(C)C.CC(C)C(C)C.CCC.CCC(C)(C)C.CCC(C)C.CCC(C)C.CCCC.CCCCC. The van der Waals surface area contributed by atoms with E-state index in [9.17, 15) is 0 Å². The van der Waals surface area contributed by atoms with E-state index in [2.05, 4.69) is 222 Å². The fourth-order valence-electron chi connectivity index (χ4n) is 0.354. The van der Waals surface area contributed by atoms with Crippen LogP contribution in [0.25, 0.3) is 0 Å². The highest BCUT2D eigenvalue weighted by atomic mass is 14.2. The molecule has 0 aliphatic heterocycles. The van der Waals surface area contributed by atoms with Crippen LogP contribution in [0.3, 0.4) is 0 Å². The molecule has 0 aliphatic carbocycles. The van der Waals surface area contributed by atoms with Gasteiger partial charge in [0.2, 0.25) is 0 Å². The molecule has 0 atom stereocenters. The van der Waals surface area contributed by atoms with Crippen molar-refractivity contribution in [3.8, 4) is 0 Å². The van der Waals surface area contributed by atoms with Crippen molar-refractivity contribution in [3.05, 3.63) is 0 Å². The number of unbranched alkanes of at least 4 members (excludes halogenated alkanes) is 3. The van der Waals surface area contributed by atoms with Crippen LogP contribution in [0.15, 0.2) is 0 Å². The molecule has 0 aliphatic rings. The van der Waals surface area contributed by atoms with Gasteiger partial charge in [0.05, 0.1) is 0 Å². The molecule has 0 radical (unpaired) electrons. The smallest absolute Gasteiger partial charge is 0.0360 e. The second-order valence-corrected chi connectivity index (χ2v) is 20.3. The summed E-state index contributed by atoms with van der Waals surface area (Å²) in [5.41, 5.74) is 1.54. The zero-order valence-corrected chi connectivity index (χ0v) is 43.3. The number of hydrogen-bond acceptors (Lipinski definition) is 0. The highest BCUT2D eigenvalue weighted by Crippen LogP contribution is 2.23. The van der Waals surface area contributed by atoms with E-state index < -0.39 is 0 Å². The van der Waals surface area contributed by atoms with Gasteiger partial charge in [-0.25, -0.2) is 0 Å². The van der Waals surface area contributed by atoms with E-state index in [1.807, 2.05) is 0 Å². The first-order valence-electron chi connectivity index (χ1n) is 22.2. The Kier molecular flexibility index (Phi) is 83.7. The lowest BCUT2D eigenvalue weighted by atomic mass is 9.84. The lowest BCUT2D eigenvalue weighted by molar-refractivity contribution is 0.283. The van der Waals surface area contributed by atoms with E-state index in [0.29, 0.717) is 16.2 Å². The molecule has 0 bridgehead atoms. The average molecular weight is 722 g/mol. The molecule has 0 heterocycles. The Labute approximate surface area is 330 Å². The van der Waals surface area contributed by atoms with Crippen molar-refractivity contribution >= 4 is 0 Å². The van der Waals surface area contributed by atoms with Crippen LogP contribution in [0, 0.1) is 51.8 Å². The standard InChI is InChI=1S/C7H16.2C6H14.4C5H12.2C4H10.C3H8/c1-6(2)7(3,4)5;1-5-6(2,3)4;1-5(2)6(3)4;1-5(2,3)4;2*1-4-5(2)3;1-3-5-4-2;1-4(2)3;1-3-4-2;1-3-2/h6H,1-5H3;5H2,1-4H3;5-6H,1-4H3;1-4H3;2*5H,4H2,1-3H3;3-5H2,1-2H3;4H,1-3H3;3-4H2,1-2H3;3H2,1-2H3. The van der Waals surface area contributed by atoms with Crippen molar-refractivity contribution in [2.24, 2.45) is 51.8 Å². The summed E-state index contributed by atoms with van der Waals surface area (Å²) >= 11 is 0. The summed E-state index contributed by atoms with van der Waals surface area (Å²) in [4.78, 5) is 0. The molecule has 0 aromatic carbocycles. The van der Waals surface area contributed by atoms with Crippen LogP contribution in [0.5, 0.6) is 0 Å². The molecule has 0 heteroatoms. The van der Waals surface area contributed by atoms with Gasteiger partial charge in [0.25, 0.3) is 0 Å². The van der Waals surface area contributed by atoms with Gasteiger partial charge in [-0.15, -0.1) is 0 Å². The summed E-state index contributed by atoms with van der Waals surface area (Å²) in [6.45, 7) is 70.8. The first kappa shape index (κ1) is 75.0. The van der Waals surface area contributed by atoms with E-state index in [-0.39, 0.29) is 0 Å². The van der Waals surface area contributed by atoms with E-state index in [1.165, 1.54) is 57.8 Å². The Hall–Kier alpha value is 0. The van der Waals surface area contributed by atoms with Crippen molar-refractivity contribution in [2.45, 2.75) is 279 Å². The number of hydrogen-bond donors (Lipinski definition) is 0. The minimum atomic E-state index is 0.500. The summed E-state index contributed by atoms with van der Waals surface area (Å²) in [6.07, 6.45) is 11.8. The first-order valence-corrected chi connectivity index (χ1v) is 22.2. The predicted octanol–water partition coefficient (Wildman–Crippen LogP) is 20.7. The van der Waals surface area contributed by atoms with Crippen molar-refractivity contribution < 1.29 is 0 Å². The van der Waals surface area contributed by atoms with Gasteiger partial charge in [-0.2, -0.15) is 0 Å². The van der Waals surface area contributed by atoms with Crippen LogP contribution in [-0.4, -0.2) is 0 Å². The maximum atomic E-state index is 2.26. The zero-order chi connectivity index (χ0) is 43.3. The van der Waals surface area contributed by atoms with E-state index in [4.69, 9.17) is 0 Å². The van der Waals surface area contributed by atoms with Gasteiger partial charge in [0.15, 0.2) is 0 Å². The number of rotatable bonds is 6. The summed E-state index contributed by atoms with van der Waals surface area (Å²) in [5, 5.41) is 0. The second-order valence-electron chi connectivity index (χ2n) is 20.3. The Morgan fingerprint density at radius 3 is 0.520 bits per heavy atom. The molecule has 50 heavy (non-hydrogen) atoms. The quantitative estimate of drug-likeness (QED) is 0.256. The fraction of sp³-hybridized carbons (Fsp3) is 1.00. The first-order chi connectivity index (χ1) is 22.2. The highest BCUT2D eigenvalue weighted by Gasteiger charge is 2.13. The Morgan fingerprint density at radius 2 is 0.520 bits per heavy atom. The molecular weight excluding hydrogens is 601 g/mol. The van der Waals surface area contributed by atoms with E-state index >= 15 is 0 Å². The highest BCUT2D eigenvalue weighted by molar-refractivity contribution is 4.64. The average Bonchev–Trinajstić information content (AvgIpc) is 2.93. The summed E-state index contributed by atoms with van der Waals surface area (Å²) < 4.78 is 0. The summed E-state index contributed by atoms with van der Waals surface area (Å²) in [7, 11) is 0. The van der Waals surface area contributed by atoms with E-state index in [0.717, 1.165) is 35.5 Å². The van der Waals surface area contributed by atoms with Crippen LogP contribution in [0.1, 0.15) is 279 Å².